The molecule has 1 aromatic heterocycles. The van der Waals surface area contributed by atoms with E-state index in [9.17, 15) is 9.59 Å². The van der Waals surface area contributed by atoms with Crippen molar-refractivity contribution in [3.05, 3.63) is 52.7 Å². The fourth-order valence-corrected chi connectivity index (χ4v) is 3.49. The third kappa shape index (κ3) is 5.08. The Kier molecular flexibility index (Phi) is 7.26. The van der Waals surface area contributed by atoms with Crippen LogP contribution >= 0.6 is 11.6 Å². The molecular formula is C22H23ClN4O3. The van der Waals surface area contributed by atoms with Crippen LogP contribution in [0.2, 0.25) is 5.02 Å². The molecule has 0 N–H and O–H groups in total. The molecule has 1 aliphatic heterocycles. The minimum atomic E-state index is -0.592. The summed E-state index contributed by atoms with van der Waals surface area (Å²) in [7, 11) is 0. The number of benzene rings is 1. The van der Waals surface area contributed by atoms with Crippen LogP contribution in [0.4, 0.5) is 11.5 Å². The van der Waals surface area contributed by atoms with Gasteiger partial charge in [-0.2, -0.15) is 5.26 Å². The van der Waals surface area contributed by atoms with Crippen molar-refractivity contribution >= 4 is 35.0 Å². The number of rotatable bonds is 7. The van der Waals surface area contributed by atoms with E-state index in [-0.39, 0.29) is 13.0 Å². The molecule has 1 saturated heterocycles. The lowest BCUT2D eigenvalue weighted by atomic mass is 10.2. The Balaban J connectivity index is 1.71. The number of nitrogens with zero attached hydrogens (tertiary/aromatic N) is 4. The highest BCUT2D eigenvalue weighted by molar-refractivity contribution is 6.31. The van der Waals surface area contributed by atoms with E-state index in [0.29, 0.717) is 22.1 Å². The summed E-state index contributed by atoms with van der Waals surface area (Å²) in [5.41, 5.74) is 1.76. The number of carbonyl (C=O) groups excluding carboxylic acids is 2. The molecule has 30 heavy (non-hydrogen) atoms. The molecule has 3 rings (SSSR count). The van der Waals surface area contributed by atoms with Gasteiger partial charge in [0, 0.05) is 36.5 Å². The van der Waals surface area contributed by atoms with E-state index >= 15 is 0 Å². The van der Waals surface area contributed by atoms with Crippen LogP contribution < -0.4 is 9.80 Å². The number of aryl methyl sites for hydroxylation is 1. The van der Waals surface area contributed by atoms with Crippen molar-refractivity contribution in [1.82, 2.24) is 4.98 Å². The average molecular weight is 427 g/mol. The maximum Gasteiger partial charge on any atom is 0.342 e. The SMILES string of the molecule is Cc1cc(N(CCC#N)C(=O)COC(=O)c2cccnc2N2CCCC2)ccc1Cl. The summed E-state index contributed by atoms with van der Waals surface area (Å²) in [6.07, 6.45) is 3.90. The second kappa shape index (κ2) is 10.1. The number of carbonyl (C=O) groups is 2. The highest BCUT2D eigenvalue weighted by Crippen LogP contribution is 2.24. The van der Waals surface area contributed by atoms with Gasteiger partial charge in [-0.3, -0.25) is 4.79 Å². The topological polar surface area (TPSA) is 86.5 Å². The molecular weight excluding hydrogens is 404 g/mol. The highest BCUT2D eigenvalue weighted by Gasteiger charge is 2.23. The third-order valence-corrected chi connectivity index (χ3v) is 5.36. The van der Waals surface area contributed by atoms with Crippen LogP contribution in [0.5, 0.6) is 0 Å². The zero-order valence-electron chi connectivity index (χ0n) is 16.8. The summed E-state index contributed by atoms with van der Waals surface area (Å²) in [6, 6.07) is 10.5. The molecule has 1 aliphatic rings. The van der Waals surface area contributed by atoms with E-state index in [1.165, 1.54) is 4.90 Å². The predicted octanol–water partition coefficient (Wildman–Crippen LogP) is 3.75. The van der Waals surface area contributed by atoms with Crippen molar-refractivity contribution in [1.29, 1.82) is 5.26 Å². The van der Waals surface area contributed by atoms with Gasteiger partial charge in [-0.15, -0.1) is 0 Å². The van der Waals surface area contributed by atoms with E-state index in [4.69, 9.17) is 21.6 Å². The summed E-state index contributed by atoms with van der Waals surface area (Å²) in [5.74, 6) is -0.417. The Labute approximate surface area is 180 Å². The Morgan fingerprint density at radius 1 is 1.30 bits per heavy atom. The van der Waals surface area contributed by atoms with Crippen LogP contribution in [0.15, 0.2) is 36.5 Å². The lowest BCUT2D eigenvalue weighted by Gasteiger charge is -2.23. The fourth-order valence-electron chi connectivity index (χ4n) is 3.38. The van der Waals surface area contributed by atoms with Gasteiger partial charge in [0.1, 0.15) is 11.4 Å². The van der Waals surface area contributed by atoms with Crippen molar-refractivity contribution in [2.45, 2.75) is 26.2 Å². The van der Waals surface area contributed by atoms with Gasteiger partial charge in [0.25, 0.3) is 5.91 Å². The number of hydrogen-bond acceptors (Lipinski definition) is 6. The first-order valence-electron chi connectivity index (χ1n) is 9.82. The van der Waals surface area contributed by atoms with Crippen molar-refractivity contribution in [2.75, 3.05) is 36.0 Å². The first-order chi connectivity index (χ1) is 14.5. The summed E-state index contributed by atoms with van der Waals surface area (Å²) in [5, 5.41) is 9.52. The number of anilines is 2. The van der Waals surface area contributed by atoms with Crippen LogP contribution in [0.3, 0.4) is 0 Å². The lowest BCUT2D eigenvalue weighted by Crippen LogP contribution is -2.35. The number of ether oxygens (including phenoxy) is 1. The van der Waals surface area contributed by atoms with Crippen LogP contribution in [-0.4, -0.2) is 43.1 Å². The average Bonchev–Trinajstić information content (AvgIpc) is 3.29. The molecule has 0 aliphatic carbocycles. The van der Waals surface area contributed by atoms with Crippen LogP contribution in [-0.2, 0) is 9.53 Å². The first-order valence-corrected chi connectivity index (χ1v) is 10.2. The monoisotopic (exact) mass is 426 g/mol. The van der Waals surface area contributed by atoms with Gasteiger partial charge in [-0.1, -0.05) is 11.6 Å². The van der Waals surface area contributed by atoms with E-state index < -0.39 is 18.5 Å². The molecule has 8 heteroatoms. The maximum absolute atomic E-state index is 12.8. The molecule has 2 heterocycles. The van der Waals surface area contributed by atoms with E-state index in [2.05, 4.69) is 4.98 Å². The molecule has 0 atom stereocenters. The Bertz CT molecular complexity index is 967. The number of pyridine rings is 1. The van der Waals surface area contributed by atoms with E-state index in [1.807, 2.05) is 17.9 Å². The molecule has 0 bridgehead atoms. The van der Waals surface area contributed by atoms with Crippen molar-refractivity contribution in [2.24, 2.45) is 0 Å². The van der Waals surface area contributed by atoms with Gasteiger partial charge in [-0.05, 0) is 55.7 Å². The summed E-state index contributed by atoms with van der Waals surface area (Å²) in [4.78, 5) is 33.3. The number of hydrogen-bond donors (Lipinski definition) is 0. The zero-order valence-corrected chi connectivity index (χ0v) is 17.6. The molecule has 0 radical (unpaired) electrons. The quantitative estimate of drug-likeness (QED) is 0.627. The smallest absolute Gasteiger partial charge is 0.342 e. The fraction of sp³-hybridized carbons (Fsp3) is 0.364. The minimum absolute atomic E-state index is 0.156. The normalized spacial score (nSPS) is 13.0. The Morgan fingerprint density at radius 2 is 2.07 bits per heavy atom. The minimum Gasteiger partial charge on any atom is -0.452 e. The summed E-state index contributed by atoms with van der Waals surface area (Å²) in [6.45, 7) is 3.28. The van der Waals surface area contributed by atoms with Crippen LogP contribution in [0, 0.1) is 18.3 Å². The Morgan fingerprint density at radius 3 is 2.77 bits per heavy atom. The molecule has 7 nitrogen and oxygen atoms in total. The molecule has 0 unspecified atom stereocenters. The number of halogens is 1. The standard InChI is InChI=1S/C22H23ClN4O3/c1-16-14-17(7-8-19(16)23)27(13-5-9-24)20(28)15-30-22(29)18-6-4-10-25-21(18)26-11-2-3-12-26/h4,6-8,10,14H,2-3,5,11-13,15H2,1H3. The molecule has 1 aromatic carbocycles. The molecule has 0 saturated carbocycles. The van der Waals surface area contributed by atoms with Gasteiger partial charge in [0.2, 0.25) is 0 Å². The largest absolute Gasteiger partial charge is 0.452 e. The van der Waals surface area contributed by atoms with Crippen molar-refractivity contribution < 1.29 is 14.3 Å². The van der Waals surface area contributed by atoms with Crippen molar-refractivity contribution in [3.63, 3.8) is 0 Å². The maximum atomic E-state index is 12.8. The second-order valence-corrected chi connectivity index (χ2v) is 7.44. The van der Waals surface area contributed by atoms with Gasteiger partial charge < -0.3 is 14.5 Å². The number of esters is 1. The van der Waals surface area contributed by atoms with Gasteiger partial charge in [0.05, 0.1) is 12.5 Å². The number of aromatic nitrogens is 1. The summed E-state index contributed by atoms with van der Waals surface area (Å²) >= 11 is 6.07. The molecule has 1 amide bonds. The second-order valence-electron chi connectivity index (χ2n) is 7.03. The van der Waals surface area contributed by atoms with E-state index in [1.54, 1.807) is 36.5 Å². The lowest BCUT2D eigenvalue weighted by molar-refractivity contribution is -0.121. The van der Waals surface area contributed by atoms with Gasteiger partial charge in [-0.25, -0.2) is 9.78 Å². The highest BCUT2D eigenvalue weighted by atomic mass is 35.5. The third-order valence-electron chi connectivity index (χ3n) is 4.94. The van der Waals surface area contributed by atoms with Crippen LogP contribution in [0.1, 0.15) is 35.2 Å². The zero-order chi connectivity index (χ0) is 21.5. The molecule has 156 valence electrons. The predicted molar refractivity (Wildman–Crippen MR) is 115 cm³/mol. The molecule has 0 spiro atoms. The van der Waals surface area contributed by atoms with Crippen LogP contribution in [0.25, 0.3) is 0 Å². The first kappa shape index (κ1) is 21.6. The van der Waals surface area contributed by atoms with Gasteiger partial charge >= 0.3 is 5.97 Å². The number of amides is 1. The molecule has 2 aromatic rings. The number of nitriles is 1. The van der Waals surface area contributed by atoms with Crippen molar-refractivity contribution in [3.8, 4) is 6.07 Å². The Hall–Kier alpha value is -3.11. The molecule has 1 fully saturated rings. The van der Waals surface area contributed by atoms with E-state index in [0.717, 1.165) is 31.5 Å². The van der Waals surface area contributed by atoms with Gasteiger partial charge in [0.15, 0.2) is 6.61 Å². The summed E-state index contributed by atoms with van der Waals surface area (Å²) < 4.78 is 5.32.